The summed E-state index contributed by atoms with van der Waals surface area (Å²) in [5.41, 5.74) is 0.383. The van der Waals surface area contributed by atoms with Gasteiger partial charge < -0.3 is 14.8 Å². The summed E-state index contributed by atoms with van der Waals surface area (Å²) in [4.78, 5) is 11.0. The van der Waals surface area contributed by atoms with Crippen LogP contribution in [0.3, 0.4) is 0 Å². The lowest BCUT2D eigenvalue weighted by atomic mass is 10.2. The van der Waals surface area contributed by atoms with Gasteiger partial charge in [-0.05, 0) is 12.1 Å². The number of ether oxygens (including phenoxy) is 2. The van der Waals surface area contributed by atoms with E-state index in [2.05, 4.69) is 10.1 Å². The first-order valence-electron chi connectivity index (χ1n) is 4.55. The van der Waals surface area contributed by atoms with Gasteiger partial charge in [-0.2, -0.15) is 8.78 Å². The number of hydrogen-bond donors (Lipinski definition) is 1. The predicted molar refractivity (Wildman–Crippen MR) is 59.0 cm³/mol. The smallest absolute Gasteiger partial charge is 0.387 e. The Kier molecular flexibility index (Phi) is 4.96. The molecule has 0 aliphatic heterocycles. The molecule has 0 bridgehead atoms. The second-order valence-corrected chi connectivity index (χ2v) is 3.19. The average molecular weight is 266 g/mol. The van der Waals surface area contributed by atoms with Crippen molar-refractivity contribution in [3.05, 3.63) is 18.2 Å². The molecule has 1 rings (SSSR count). The molecule has 0 unspecified atom stereocenters. The van der Waals surface area contributed by atoms with Gasteiger partial charge in [-0.3, -0.25) is 4.79 Å². The molecule has 0 heterocycles. The van der Waals surface area contributed by atoms with Crippen LogP contribution in [-0.4, -0.2) is 25.5 Å². The third-order valence-electron chi connectivity index (χ3n) is 1.78. The molecule has 0 saturated carbocycles. The largest absolute Gasteiger partial charge is 0.493 e. The summed E-state index contributed by atoms with van der Waals surface area (Å²) in [6.07, 6.45) is 0. The molecule has 0 fully saturated rings. The van der Waals surface area contributed by atoms with E-state index < -0.39 is 12.5 Å². The molecule has 0 saturated heterocycles. The van der Waals surface area contributed by atoms with E-state index in [0.29, 0.717) is 5.69 Å². The number of carbonyl (C=O) groups is 1. The molecule has 4 nitrogen and oxygen atoms in total. The first kappa shape index (κ1) is 13.5. The second-order valence-electron chi connectivity index (χ2n) is 2.93. The van der Waals surface area contributed by atoms with E-state index >= 15 is 0 Å². The van der Waals surface area contributed by atoms with Crippen molar-refractivity contribution in [2.45, 2.75) is 6.61 Å². The summed E-state index contributed by atoms with van der Waals surface area (Å²) in [6.45, 7) is -2.94. The molecule has 0 atom stereocenters. The van der Waals surface area contributed by atoms with Crippen LogP contribution in [0.25, 0.3) is 0 Å². The van der Waals surface area contributed by atoms with Crippen LogP contribution in [-0.2, 0) is 4.79 Å². The van der Waals surface area contributed by atoms with Crippen LogP contribution in [0.15, 0.2) is 18.2 Å². The molecule has 0 radical (unpaired) electrons. The molecule has 1 N–H and O–H groups in total. The van der Waals surface area contributed by atoms with E-state index in [4.69, 9.17) is 16.3 Å². The van der Waals surface area contributed by atoms with Gasteiger partial charge in [0.2, 0.25) is 5.91 Å². The zero-order valence-electron chi connectivity index (χ0n) is 8.88. The number of amides is 1. The SMILES string of the molecule is COc1cc(NC(=O)CCl)ccc1OC(F)F. The summed E-state index contributed by atoms with van der Waals surface area (Å²) in [7, 11) is 1.31. The number of benzene rings is 1. The lowest BCUT2D eigenvalue weighted by Gasteiger charge is -2.11. The third-order valence-corrected chi connectivity index (χ3v) is 2.03. The lowest BCUT2D eigenvalue weighted by Crippen LogP contribution is -2.12. The van der Waals surface area contributed by atoms with Crippen LogP contribution in [0.4, 0.5) is 14.5 Å². The highest BCUT2D eigenvalue weighted by Crippen LogP contribution is 2.31. The summed E-state index contributed by atoms with van der Waals surface area (Å²) in [6, 6.07) is 4.04. The number of hydrogen-bond acceptors (Lipinski definition) is 3. The molecule has 0 aliphatic rings. The van der Waals surface area contributed by atoms with Crippen molar-refractivity contribution < 1.29 is 23.0 Å². The summed E-state index contributed by atoms with van der Waals surface area (Å²) >= 11 is 5.31. The van der Waals surface area contributed by atoms with Gasteiger partial charge in [-0.15, -0.1) is 11.6 Å². The summed E-state index contributed by atoms with van der Waals surface area (Å²) in [5, 5.41) is 2.45. The van der Waals surface area contributed by atoms with Gasteiger partial charge in [-0.1, -0.05) is 0 Å². The van der Waals surface area contributed by atoms with E-state index in [9.17, 15) is 13.6 Å². The van der Waals surface area contributed by atoms with Gasteiger partial charge in [0.15, 0.2) is 11.5 Å². The Hall–Kier alpha value is -1.56. The van der Waals surface area contributed by atoms with E-state index in [1.54, 1.807) is 0 Å². The molecule has 0 aliphatic carbocycles. The highest BCUT2D eigenvalue weighted by atomic mass is 35.5. The zero-order valence-corrected chi connectivity index (χ0v) is 9.63. The Morgan fingerprint density at radius 1 is 1.47 bits per heavy atom. The van der Waals surface area contributed by atoms with Crippen LogP contribution in [0.5, 0.6) is 11.5 Å². The Balaban J connectivity index is 2.88. The second kappa shape index (κ2) is 6.24. The molecule has 0 spiro atoms. The highest BCUT2D eigenvalue weighted by Gasteiger charge is 2.11. The number of halogens is 3. The minimum atomic E-state index is -2.94. The number of methoxy groups -OCH3 is 1. The third kappa shape index (κ3) is 4.07. The van der Waals surface area contributed by atoms with Crippen LogP contribution in [0, 0.1) is 0 Å². The normalized spacial score (nSPS) is 10.2. The van der Waals surface area contributed by atoms with E-state index in [1.165, 1.54) is 25.3 Å². The van der Waals surface area contributed by atoms with Gasteiger partial charge in [0.05, 0.1) is 7.11 Å². The van der Waals surface area contributed by atoms with Gasteiger partial charge in [-0.25, -0.2) is 0 Å². The van der Waals surface area contributed by atoms with Gasteiger partial charge in [0.1, 0.15) is 5.88 Å². The fourth-order valence-electron chi connectivity index (χ4n) is 1.13. The quantitative estimate of drug-likeness (QED) is 0.832. The molecule has 0 aromatic heterocycles. The highest BCUT2D eigenvalue weighted by molar-refractivity contribution is 6.29. The van der Waals surface area contributed by atoms with Crippen molar-refractivity contribution in [2.24, 2.45) is 0 Å². The van der Waals surface area contributed by atoms with Crippen molar-refractivity contribution in [1.82, 2.24) is 0 Å². The summed E-state index contributed by atoms with van der Waals surface area (Å²) in [5.74, 6) is -0.613. The predicted octanol–water partition coefficient (Wildman–Crippen LogP) is 2.47. The first-order valence-corrected chi connectivity index (χ1v) is 5.09. The molecule has 1 aromatic rings. The lowest BCUT2D eigenvalue weighted by molar-refractivity contribution is -0.113. The fourth-order valence-corrected chi connectivity index (χ4v) is 1.20. The standard InChI is InChI=1S/C10H10ClF2NO3/c1-16-8-4-6(14-9(15)5-11)2-3-7(8)17-10(12)13/h2-4,10H,5H2,1H3,(H,14,15). The monoisotopic (exact) mass is 265 g/mol. The van der Waals surface area contributed by atoms with E-state index in [-0.39, 0.29) is 17.4 Å². The van der Waals surface area contributed by atoms with E-state index in [0.717, 1.165) is 0 Å². The minimum Gasteiger partial charge on any atom is -0.493 e. The maximum atomic E-state index is 12.0. The Bertz CT molecular complexity index is 401. The van der Waals surface area contributed by atoms with Crippen molar-refractivity contribution in [2.75, 3.05) is 18.3 Å². The minimum absolute atomic E-state index is 0.0951. The average Bonchev–Trinajstić information content (AvgIpc) is 2.30. The van der Waals surface area contributed by atoms with Gasteiger partial charge >= 0.3 is 6.61 Å². The Morgan fingerprint density at radius 2 is 2.18 bits per heavy atom. The van der Waals surface area contributed by atoms with Crippen molar-refractivity contribution in [1.29, 1.82) is 0 Å². The molecule has 94 valence electrons. The molecular weight excluding hydrogens is 256 g/mol. The molecule has 1 amide bonds. The van der Waals surface area contributed by atoms with Crippen LogP contribution in [0.2, 0.25) is 0 Å². The van der Waals surface area contributed by atoms with Crippen molar-refractivity contribution >= 4 is 23.2 Å². The van der Waals surface area contributed by atoms with Crippen LogP contribution in [0.1, 0.15) is 0 Å². The van der Waals surface area contributed by atoms with Crippen LogP contribution < -0.4 is 14.8 Å². The van der Waals surface area contributed by atoms with E-state index in [1.807, 2.05) is 0 Å². The maximum absolute atomic E-state index is 12.0. The van der Waals surface area contributed by atoms with Gasteiger partial charge in [0, 0.05) is 11.8 Å². The fraction of sp³-hybridized carbons (Fsp3) is 0.300. The number of nitrogens with one attached hydrogen (secondary N) is 1. The molecule has 17 heavy (non-hydrogen) atoms. The molecule has 7 heteroatoms. The molecule has 1 aromatic carbocycles. The van der Waals surface area contributed by atoms with Gasteiger partial charge in [0.25, 0.3) is 0 Å². The van der Waals surface area contributed by atoms with Crippen molar-refractivity contribution in [3.63, 3.8) is 0 Å². The number of rotatable bonds is 5. The zero-order chi connectivity index (χ0) is 12.8. The van der Waals surface area contributed by atoms with Crippen molar-refractivity contribution in [3.8, 4) is 11.5 Å². The summed E-state index contributed by atoms with van der Waals surface area (Å²) < 4.78 is 33.2. The van der Waals surface area contributed by atoms with Crippen LogP contribution >= 0.6 is 11.6 Å². The first-order chi connectivity index (χ1) is 8.06. The number of anilines is 1. The number of alkyl halides is 3. The molecular formula is C10H10ClF2NO3. The Labute approximate surface area is 101 Å². The number of carbonyl (C=O) groups excluding carboxylic acids is 1. The Morgan fingerprint density at radius 3 is 2.71 bits per heavy atom. The maximum Gasteiger partial charge on any atom is 0.387 e. The topological polar surface area (TPSA) is 47.6 Å².